The van der Waals surface area contributed by atoms with Crippen molar-refractivity contribution in [2.45, 2.75) is 18.5 Å². The lowest BCUT2D eigenvalue weighted by Gasteiger charge is -2.24. The van der Waals surface area contributed by atoms with Gasteiger partial charge in [-0.2, -0.15) is 26.3 Å². The first-order valence-corrected chi connectivity index (χ1v) is 11.5. The Hall–Kier alpha value is -3.40. The molecule has 0 saturated carbocycles. The number of imidazole rings is 1. The molecule has 9 nitrogen and oxygen atoms in total. The normalized spacial score (nSPS) is 13.0. The van der Waals surface area contributed by atoms with E-state index in [1.165, 1.54) is 24.1 Å². The molecule has 0 spiro atoms. The Balaban J connectivity index is 1.61. The number of hydrogen-bond donors (Lipinski definition) is 1. The number of halogens is 7. The first-order chi connectivity index (χ1) is 17.7. The topological polar surface area (TPSA) is 107 Å². The van der Waals surface area contributed by atoms with Gasteiger partial charge < -0.3 is 19.2 Å². The van der Waals surface area contributed by atoms with Crippen molar-refractivity contribution in [1.82, 2.24) is 19.9 Å². The van der Waals surface area contributed by atoms with Crippen LogP contribution in [0, 0.1) is 0 Å². The van der Waals surface area contributed by atoms with Crippen LogP contribution in [0.4, 0.5) is 26.3 Å². The van der Waals surface area contributed by atoms with E-state index in [0.717, 1.165) is 4.47 Å². The van der Waals surface area contributed by atoms with Gasteiger partial charge in [-0.05, 0) is 53.3 Å². The Morgan fingerprint density at radius 1 is 1.08 bits per heavy atom. The zero-order chi connectivity index (χ0) is 28.1. The van der Waals surface area contributed by atoms with Crippen molar-refractivity contribution < 1.29 is 50.1 Å². The maximum atomic E-state index is 12.7. The summed E-state index contributed by atoms with van der Waals surface area (Å²) in [5.41, 5.74) is 1.86. The average molecular weight is 613 g/mol. The van der Waals surface area contributed by atoms with Gasteiger partial charge in [0.1, 0.15) is 36.4 Å². The minimum atomic E-state index is -5.27. The molecule has 38 heavy (non-hydrogen) atoms. The number of carbonyl (C=O) groups excluding carboxylic acids is 2. The van der Waals surface area contributed by atoms with Gasteiger partial charge >= 0.3 is 24.3 Å². The first kappa shape index (κ1) is 29.2. The Morgan fingerprint density at radius 3 is 2.37 bits per heavy atom. The molecule has 1 unspecified atom stereocenters. The third kappa shape index (κ3) is 8.31. The van der Waals surface area contributed by atoms with Crippen LogP contribution in [0.15, 0.2) is 41.0 Å². The summed E-state index contributed by atoms with van der Waals surface area (Å²) in [5, 5.41) is 0. The predicted octanol–water partition coefficient (Wildman–Crippen LogP) is 4.28. The third-order valence-electron chi connectivity index (χ3n) is 4.82. The van der Waals surface area contributed by atoms with Gasteiger partial charge in [0.25, 0.3) is 0 Å². The number of pyridine rings is 1. The van der Waals surface area contributed by atoms with E-state index >= 15 is 0 Å². The standard InChI is InChI=1S/C22H19BrF6N4O5/c1-33(6-7-36-19(34)21(24,25)26)10-15(38-20(35)22(27,28)29)11-37-14-4-2-12(3-5-14)17-31-16-8-13(23)9-30-18(16)32-17/h2-5,8-9,15H,6-7,10-11H2,1H3,(H,30,31,32). The molecule has 2 heterocycles. The van der Waals surface area contributed by atoms with Gasteiger partial charge in [-0.15, -0.1) is 0 Å². The molecule has 1 N–H and O–H groups in total. The number of aromatic nitrogens is 3. The van der Waals surface area contributed by atoms with Crippen LogP contribution in [0.3, 0.4) is 0 Å². The summed E-state index contributed by atoms with van der Waals surface area (Å²) in [7, 11) is 1.32. The summed E-state index contributed by atoms with van der Waals surface area (Å²) >= 11 is 3.31. The van der Waals surface area contributed by atoms with E-state index in [-0.39, 0.29) is 18.8 Å². The monoisotopic (exact) mass is 612 g/mol. The summed E-state index contributed by atoms with van der Waals surface area (Å²) < 4.78 is 89.5. The molecule has 206 valence electrons. The molecule has 0 aliphatic carbocycles. The van der Waals surface area contributed by atoms with Crippen LogP contribution in [0.1, 0.15) is 0 Å². The lowest BCUT2D eigenvalue weighted by Crippen LogP contribution is -2.41. The van der Waals surface area contributed by atoms with E-state index in [1.54, 1.807) is 24.4 Å². The second-order valence-corrected chi connectivity index (χ2v) is 8.78. The van der Waals surface area contributed by atoms with Gasteiger partial charge in [-0.1, -0.05) is 0 Å². The molecule has 0 saturated heterocycles. The second-order valence-electron chi connectivity index (χ2n) is 7.86. The van der Waals surface area contributed by atoms with Gasteiger partial charge in [-0.25, -0.2) is 19.6 Å². The van der Waals surface area contributed by atoms with Crippen molar-refractivity contribution in [3.8, 4) is 17.1 Å². The van der Waals surface area contributed by atoms with Crippen molar-refractivity contribution in [1.29, 1.82) is 0 Å². The van der Waals surface area contributed by atoms with Crippen LogP contribution >= 0.6 is 15.9 Å². The van der Waals surface area contributed by atoms with Crippen LogP contribution in [0.2, 0.25) is 0 Å². The van der Waals surface area contributed by atoms with Crippen molar-refractivity contribution >= 4 is 39.0 Å². The van der Waals surface area contributed by atoms with E-state index in [1.807, 2.05) is 0 Å². The van der Waals surface area contributed by atoms with E-state index in [2.05, 4.69) is 40.4 Å². The number of nitrogens with one attached hydrogen (secondary N) is 1. The summed E-state index contributed by atoms with van der Waals surface area (Å²) in [6.45, 7) is -1.83. The summed E-state index contributed by atoms with van der Waals surface area (Å²) in [6.07, 6.45) is -10.3. The number of fused-ring (bicyclic) bond motifs is 1. The maximum Gasteiger partial charge on any atom is 0.490 e. The fraction of sp³-hybridized carbons (Fsp3) is 0.364. The fourth-order valence-corrected chi connectivity index (χ4v) is 3.38. The first-order valence-electron chi connectivity index (χ1n) is 10.7. The van der Waals surface area contributed by atoms with Crippen molar-refractivity contribution in [2.24, 2.45) is 0 Å². The summed E-state index contributed by atoms with van der Waals surface area (Å²) in [5.74, 6) is -4.10. The summed E-state index contributed by atoms with van der Waals surface area (Å²) in [6, 6.07) is 8.10. The maximum absolute atomic E-state index is 12.7. The lowest BCUT2D eigenvalue weighted by atomic mass is 10.2. The smallest absolute Gasteiger partial charge is 0.490 e. The summed E-state index contributed by atoms with van der Waals surface area (Å²) in [4.78, 5) is 35.0. The fourth-order valence-electron chi connectivity index (χ4n) is 3.06. The minimum absolute atomic E-state index is 0.237. The number of benzene rings is 1. The Morgan fingerprint density at radius 2 is 1.74 bits per heavy atom. The van der Waals surface area contributed by atoms with E-state index < -0.39 is 43.6 Å². The van der Waals surface area contributed by atoms with Gasteiger partial charge in [-0.3, -0.25) is 4.90 Å². The molecule has 0 aliphatic heterocycles. The number of nitrogens with zero attached hydrogens (tertiary/aromatic N) is 3. The third-order valence-corrected chi connectivity index (χ3v) is 5.26. The largest absolute Gasteiger partial charge is 0.490 e. The molecule has 3 aromatic rings. The molecule has 16 heteroatoms. The van der Waals surface area contributed by atoms with E-state index in [9.17, 15) is 35.9 Å². The van der Waals surface area contributed by atoms with E-state index in [4.69, 9.17) is 4.74 Å². The molecule has 0 aliphatic rings. The van der Waals surface area contributed by atoms with E-state index in [0.29, 0.717) is 22.6 Å². The quantitative estimate of drug-likeness (QED) is 0.267. The van der Waals surface area contributed by atoms with Gasteiger partial charge in [0.2, 0.25) is 0 Å². The molecule has 0 amide bonds. The minimum Gasteiger partial charge on any atom is -0.490 e. The highest BCUT2D eigenvalue weighted by atomic mass is 79.9. The number of hydrogen-bond acceptors (Lipinski definition) is 8. The lowest BCUT2D eigenvalue weighted by molar-refractivity contribution is -0.206. The number of likely N-dealkylation sites (N-methyl/N-ethyl adjacent to an activating group) is 1. The highest BCUT2D eigenvalue weighted by Gasteiger charge is 2.43. The molecule has 0 bridgehead atoms. The number of alkyl halides is 6. The zero-order valence-corrected chi connectivity index (χ0v) is 21.0. The average Bonchev–Trinajstić information content (AvgIpc) is 3.24. The zero-order valence-electron chi connectivity index (χ0n) is 19.4. The SMILES string of the molecule is CN(CCOC(=O)C(F)(F)F)CC(COc1ccc(-c2nc3cc(Br)cnc3[nH]2)cc1)OC(=O)C(F)(F)F. The van der Waals surface area contributed by atoms with Crippen LogP contribution < -0.4 is 4.74 Å². The second kappa shape index (κ2) is 12.0. The van der Waals surface area contributed by atoms with Crippen LogP contribution in [0.5, 0.6) is 5.75 Å². The number of aromatic amines is 1. The molecule has 3 rings (SSSR count). The molecular weight excluding hydrogens is 594 g/mol. The van der Waals surface area contributed by atoms with Crippen molar-refractivity contribution in [2.75, 3.05) is 33.4 Å². The van der Waals surface area contributed by atoms with Crippen LogP contribution in [-0.2, 0) is 19.1 Å². The molecule has 0 fully saturated rings. The highest BCUT2D eigenvalue weighted by molar-refractivity contribution is 9.10. The van der Waals surface area contributed by atoms with Crippen LogP contribution in [0.25, 0.3) is 22.6 Å². The Bertz CT molecular complexity index is 1270. The van der Waals surface area contributed by atoms with Crippen molar-refractivity contribution in [3.63, 3.8) is 0 Å². The van der Waals surface area contributed by atoms with Crippen LogP contribution in [-0.4, -0.2) is 83.6 Å². The molecule has 1 atom stereocenters. The molecular formula is C22H19BrF6N4O5. The molecule has 1 aromatic carbocycles. The highest BCUT2D eigenvalue weighted by Crippen LogP contribution is 2.24. The number of esters is 2. The molecule has 0 radical (unpaired) electrons. The van der Waals surface area contributed by atoms with Gasteiger partial charge in [0.15, 0.2) is 5.65 Å². The Labute approximate surface area is 219 Å². The number of ether oxygens (including phenoxy) is 3. The number of H-pyrrole nitrogens is 1. The number of carbonyl (C=O) groups is 2. The Kier molecular flexibility index (Phi) is 9.19. The van der Waals surface area contributed by atoms with Crippen molar-refractivity contribution in [3.05, 3.63) is 41.0 Å². The van der Waals surface area contributed by atoms with Gasteiger partial charge in [0, 0.05) is 29.3 Å². The predicted molar refractivity (Wildman–Crippen MR) is 123 cm³/mol. The number of rotatable bonds is 10. The van der Waals surface area contributed by atoms with Gasteiger partial charge in [0.05, 0.1) is 0 Å². The molecule has 2 aromatic heterocycles.